The van der Waals surface area contributed by atoms with Crippen molar-refractivity contribution < 1.29 is 39.5 Å². The lowest BCUT2D eigenvalue weighted by Gasteiger charge is -2.42. The number of hydrogen-bond donors (Lipinski definition) is 3. The van der Waals surface area contributed by atoms with Crippen LogP contribution in [-0.2, 0) is 32.7 Å². The molecule has 1 saturated heterocycles. The van der Waals surface area contributed by atoms with Gasteiger partial charge in [0.05, 0.1) is 41.7 Å². The summed E-state index contributed by atoms with van der Waals surface area (Å²) >= 11 is 0. The third-order valence-electron chi connectivity index (χ3n) is 6.91. The summed E-state index contributed by atoms with van der Waals surface area (Å²) in [4.78, 5) is 12.4. The summed E-state index contributed by atoms with van der Waals surface area (Å²) in [6, 6.07) is 9.73. The highest BCUT2D eigenvalue weighted by Crippen LogP contribution is 2.39. The molecule has 1 aromatic heterocycles. The Morgan fingerprint density at radius 3 is 2.22 bits per heavy atom. The van der Waals surface area contributed by atoms with Gasteiger partial charge in [-0.2, -0.15) is 26.3 Å². The Morgan fingerprint density at radius 1 is 1.10 bits per heavy atom. The van der Waals surface area contributed by atoms with E-state index in [2.05, 4.69) is 20.2 Å². The van der Waals surface area contributed by atoms with Gasteiger partial charge in [0, 0.05) is 6.54 Å². The second kappa shape index (κ2) is 11.1. The van der Waals surface area contributed by atoms with E-state index >= 15 is 0 Å². The van der Waals surface area contributed by atoms with Crippen LogP contribution in [0, 0.1) is 0 Å². The van der Waals surface area contributed by atoms with Crippen LogP contribution in [0.5, 0.6) is 0 Å². The number of rotatable bonds is 8. The molecule has 3 atom stereocenters. The number of alkyl halides is 6. The minimum atomic E-state index is -4.99. The van der Waals surface area contributed by atoms with Crippen LogP contribution in [0.2, 0.25) is 0 Å². The molecule has 0 bridgehead atoms. The van der Waals surface area contributed by atoms with Crippen LogP contribution in [0.1, 0.15) is 54.2 Å². The first-order valence-electron chi connectivity index (χ1n) is 12.3. The summed E-state index contributed by atoms with van der Waals surface area (Å²) in [6.07, 6.45) is -9.55. The number of H-pyrrole nitrogens is 1. The summed E-state index contributed by atoms with van der Waals surface area (Å²) in [5, 5.41) is 9.27. The molecule has 2 heterocycles. The molecule has 0 aliphatic carbocycles. The predicted octanol–water partition coefficient (Wildman–Crippen LogP) is 4.58. The van der Waals surface area contributed by atoms with E-state index < -0.39 is 56.9 Å². The topological polar surface area (TPSA) is 118 Å². The van der Waals surface area contributed by atoms with Gasteiger partial charge in [-0.25, -0.2) is 18.3 Å². The average Bonchev–Trinajstić information content (AvgIpc) is 3.24. The number of sulfonamides is 1. The largest absolute Gasteiger partial charge is 0.416 e. The third kappa shape index (κ3) is 7.11. The Morgan fingerprint density at radius 2 is 1.71 bits per heavy atom. The maximum Gasteiger partial charge on any atom is 0.416 e. The van der Waals surface area contributed by atoms with Crippen molar-refractivity contribution in [3.8, 4) is 0 Å². The minimum Gasteiger partial charge on any atom is -0.372 e. The fraction of sp³-hybridized carbons (Fsp3) is 0.440. The number of hydrogen-bond acceptors (Lipinski definition) is 6. The van der Waals surface area contributed by atoms with E-state index in [1.54, 1.807) is 30.3 Å². The molecule has 16 heteroatoms. The van der Waals surface area contributed by atoms with E-state index in [0.29, 0.717) is 25.0 Å². The first-order chi connectivity index (χ1) is 19.0. The van der Waals surface area contributed by atoms with Gasteiger partial charge in [-0.3, -0.25) is 9.29 Å². The average molecular weight is 608 g/mol. The smallest absolute Gasteiger partial charge is 0.372 e. The summed E-state index contributed by atoms with van der Waals surface area (Å²) in [5.41, 5.74) is -3.95. The SMILES string of the molecule is C[C@@H](OC[C@@]1(c2ccccc2)CC[C@H](n2c(NS(C)(=O)=O)n[nH]c2=O)CN1)c1cc(C(F)(F)F)cc(C(F)(F)F)c1. The van der Waals surface area contributed by atoms with Gasteiger partial charge >= 0.3 is 18.0 Å². The number of ether oxygens (including phenoxy) is 1. The second-order valence-electron chi connectivity index (χ2n) is 9.91. The van der Waals surface area contributed by atoms with Crippen LogP contribution in [0.4, 0.5) is 32.3 Å². The molecule has 1 aliphatic rings. The van der Waals surface area contributed by atoms with E-state index in [-0.39, 0.29) is 30.7 Å². The van der Waals surface area contributed by atoms with Gasteiger partial charge in [-0.15, -0.1) is 5.10 Å². The number of anilines is 1. The van der Waals surface area contributed by atoms with Crippen molar-refractivity contribution in [1.82, 2.24) is 20.1 Å². The molecule has 2 aromatic carbocycles. The Hall–Kier alpha value is -3.37. The van der Waals surface area contributed by atoms with E-state index in [0.717, 1.165) is 11.8 Å². The minimum absolute atomic E-state index is 0.0647. The Kier molecular flexibility index (Phi) is 8.30. The lowest BCUT2D eigenvalue weighted by molar-refractivity contribution is -0.143. The van der Waals surface area contributed by atoms with Crippen molar-refractivity contribution in [2.75, 3.05) is 24.1 Å². The van der Waals surface area contributed by atoms with Crippen LogP contribution < -0.4 is 15.7 Å². The molecule has 0 unspecified atom stereocenters. The van der Waals surface area contributed by atoms with Gasteiger partial charge in [0.2, 0.25) is 16.0 Å². The van der Waals surface area contributed by atoms with Crippen LogP contribution in [-0.4, -0.2) is 42.6 Å². The van der Waals surface area contributed by atoms with Crippen molar-refractivity contribution in [1.29, 1.82) is 0 Å². The van der Waals surface area contributed by atoms with Gasteiger partial charge in [-0.05, 0) is 49.1 Å². The van der Waals surface area contributed by atoms with Crippen LogP contribution in [0.25, 0.3) is 0 Å². The zero-order valence-electron chi connectivity index (χ0n) is 21.8. The molecule has 9 nitrogen and oxygen atoms in total. The van der Waals surface area contributed by atoms with Gasteiger partial charge < -0.3 is 10.1 Å². The van der Waals surface area contributed by atoms with Crippen molar-refractivity contribution in [3.63, 3.8) is 0 Å². The molecule has 3 N–H and O–H groups in total. The van der Waals surface area contributed by atoms with Crippen LogP contribution >= 0.6 is 0 Å². The number of aromatic amines is 1. The first kappa shape index (κ1) is 30.6. The molecule has 41 heavy (non-hydrogen) atoms. The Labute approximate surface area is 231 Å². The first-order valence-corrected chi connectivity index (χ1v) is 14.2. The Balaban J connectivity index is 1.59. The molecule has 1 fully saturated rings. The molecule has 4 rings (SSSR count). The van der Waals surface area contributed by atoms with E-state index in [9.17, 15) is 39.6 Å². The van der Waals surface area contributed by atoms with Crippen molar-refractivity contribution in [2.45, 2.75) is 49.8 Å². The highest BCUT2D eigenvalue weighted by molar-refractivity contribution is 7.92. The van der Waals surface area contributed by atoms with E-state index in [1.165, 1.54) is 11.5 Å². The molecule has 3 aromatic rings. The number of aromatic nitrogens is 3. The number of piperidine rings is 1. The molecular formula is C25H27F6N5O4S. The summed E-state index contributed by atoms with van der Waals surface area (Å²) in [5.74, 6) is -0.189. The maximum atomic E-state index is 13.4. The van der Waals surface area contributed by atoms with Gasteiger partial charge in [0.15, 0.2) is 0 Å². The number of nitrogens with one attached hydrogen (secondary N) is 3. The molecular weight excluding hydrogens is 580 g/mol. The number of nitrogens with zero attached hydrogens (tertiary/aromatic N) is 2. The number of halogens is 6. The zero-order chi connectivity index (χ0) is 30.2. The van der Waals surface area contributed by atoms with Gasteiger partial charge in [-0.1, -0.05) is 30.3 Å². The van der Waals surface area contributed by atoms with Crippen molar-refractivity contribution in [3.05, 3.63) is 81.3 Å². The molecule has 0 radical (unpaired) electrons. The predicted molar refractivity (Wildman–Crippen MR) is 137 cm³/mol. The normalized spacial score (nSPS) is 21.0. The van der Waals surface area contributed by atoms with Crippen LogP contribution in [0.3, 0.4) is 0 Å². The monoisotopic (exact) mass is 607 g/mol. The molecule has 1 aliphatic heterocycles. The van der Waals surface area contributed by atoms with Crippen molar-refractivity contribution in [2.24, 2.45) is 0 Å². The lowest BCUT2D eigenvalue weighted by atomic mass is 9.81. The maximum absolute atomic E-state index is 13.4. The van der Waals surface area contributed by atoms with E-state index in [1.807, 2.05) is 0 Å². The zero-order valence-corrected chi connectivity index (χ0v) is 22.6. The second-order valence-corrected chi connectivity index (χ2v) is 11.7. The quantitative estimate of drug-likeness (QED) is 0.323. The highest BCUT2D eigenvalue weighted by Gasteiger charge is 2.40. The molecule has 0 saturated carbocycles. The Bertz CT molecular complexity index is 1500. The fourth-order valence-electron chi connectivity index (χ4n) is 4.81. The van der Waals surface area contributed by atoms with Crippen molar-refractivity contribution >= 4 is 16.0 Å². The standard InChI is InChI=1S/C25H27F6N5O4S/c1-15(16-10-18(24(26,27)28)12-19(11-16)25(29,30)31)40-14-23(17-6-4-3-5-7-17)9-8-20(13-32-23)36-21(33-34-22(36)37)35-41(2,38)39/h3-7,10-12,15,20,32H,8-9,13-14H2,1-2H3,(H,33,35)(H,34,37)/t15-,20+,23-/m1/s1. The summed E-state index contributed by atoms with van der Waals surface area (Å²) in [6.45, 7) is 1.39. The molecule has 224 valence electrons. The van der Waals surface area contributed by atoms with Gasteiger partial charge in [0.1, 0.15) is 0 Å². The molecule has 0 amide bonds. The molecule has 0 spiro atoms. The third-order valence-corrected chi connectivity index (χ3v) is 7.47. The summed E-state index contributed by atoms with van der Waals surface area (Å²) < 4.78 is 113. The summed E-state index contributed by atoms with van der Waals surface area (Å²) in [7, 11) is -3.73. The van der Waals surface area contributed by atoms with Crippen LogP contribution in [0.15, 0.2) is 53.3 Å². The number of benzene rings is 2. The lowest BCUT2D eigenvalue weighted by Crippen LogP contribution is -2.53. The highest BCUT2D eigenvalue weighted by atomic mass is 32.2. The van der Waals surface area contributed by atoms with E-state index in [4.69, 9.17) is 4.74 Å². The fourth-order valence-corrected chi connectivity index (χ4v) is 5.28. The van der Waals surface area contributed by atoms with Gasteiger partial charge in [0.25, 0.3) is 0 Å².